The van der Waals surface area contributed by atoms with Crippen LogP contribution in [-0.2, 0) is 0 Å². The summed E-state index contributed by atoms with van der Waals surface area (Å²) in [6.45, 7) is 2.00. The molecule has 0 aliphatic carbocycles. The summed E-state index contributed by atoms with van der Waals surface area (Å²) in [5.74, 6) is -0.412. The zero-order chi connectivity index (χ0) is 25.9. The Balaban J connectivity index is 1.34. The molecule has 1 heterocycles. The first-order chi connectivity index (χ1) is 18.0. The number of anilines is 1. The standard InChI is InChI=1S/C29H23N3O4S/c1-2-27(29(34)31-25-12-5-3-10-23(25)24-11-4-6-13-26(24)31)37-22-16-14-20(15-17-22)30-28(33)19-8-7-9-21(18-19)32(35)36/h3-18,27H,2H2,1H3,(H,30,33). The molecule has 37 heavy (non-hydrogen) atoms. The van der Waals surface area contributed by atoms with Gasteiger partial charge in [0, 0.05) is 39.1 Å². The molecule has 1 atom stereocenters. The summed E-state index contributed by atoms with van der Waals surface area (Å²) in [6, 6.07) is 28.7. The van der Waals surface area contributed by atoms with Crippen LogP contribution < -0.4 is 5.32 Å². The highest BCUT2D eigenvalue weighted by atomic mass is 32.2. The molecule has 5 aromatic rings. The highest BCUT2D eigenvalue weighted by molar-refractivity contribution is 8.00. The number of amides is 1. The molecule has 0 radical (unpaired) electrons. The summed E-state index contributed by atoms with van der Waals surface area (Å²) in [4.78, 5) is 37.6. The van der Waals surface area contributed by atoms with Gasteiger partial charge in [-0.25, -0.2) is 0 Å². The van der Waals surface area contributed by atoms with Crippen molar-refractivity contribution in [1.82, 2.24) is 4.57 Å². The molecule has 0 bridgehead atoms. The lowest BCUT2D eigenvalue weighted by molar-refractivity contribution is -0.384. The van der Waals surface area contributed by atoms with Crippen molar-refractivity contribution in [2.45, 2.75) is 23.5 Å². The largest absolute Gasteiger partial charge is 0.322 e. The number of hydrogen-bond donors (Lipinski definition) is 1. The Bertz CT molecular complexity index is 1590. The van der Waals surface area contributed by atoms with Gasteiger partial charge in [0.05, 0.1) is 21.2 Å². The summed E-state index contributed by atoms with van der Waals surface area (Å²) >= 11 is 1.48. The molecule has 4 aromatic carbocycles. The van der Waals surface area contributed by atoms with Crippen LogP contribution in [0.4, 0.5) is 11.4 Å². The number of non-ortho nitro benzene ring substituents is 1. The van der Waals surface area contributed by atoms with Crippen molar-refractivity contribution < 1.29 is 14.5 Å². The molecule has 0 saturated carbocycles. The molecule has 0 aliphatic heterocycles. The smallest absolute Gasteiger partial charge is 0.270 e. The van der Waals surface area contributed by atoms with E-state index in [1.54, 1.807) is 12.1 Å². The van der Waals surface area contributed by atoms with Crippen molar-refractivity contribution in [2.75, 3.05) is 5.32 Å². The monoisotopic (exact) mass is 509 g/mol. The van der Waals surface area contributed by atoms with Crippen molar-refractivity contribution >= 4 is 56.8 Å². The first-order valence-electron chi connectivity index (χ1n) is 11.8. The van der Waals surface area contributed by atoms with E-state index in [4.69, 9.17) is 0 Å². The summed E-state index contributed by atoms with van der Waals surface area (Å²) in [7, 11) is 0. The molecule has 1 N–H and O–H groups in total. The number of thioether (sulfide) groups is 1. The lowest BCUT2D eigenvalue weighted by Crippen LogP contribution is -2.23. The number of para-hydroxylation sites is 2. The summed E-state index contributed by atoms with van der Waals surface area (Å²) in [5, 5.41) is 15.5. The van der Waals surface area contributed by atoms with Gasteiger partial charge in [-0.05, 0) is 48.9 Å². The van der Waals surface area contributed by atoms with E-state index in [0.717, 1.165) is 26.7 Å². The SMILES string of the molecule is CCC(Sc1ccc(NC(=O)c2cccc([N+](=O)[O-])c2)cc1)C(=O)n1c2ccccc2c2ccccc21. The van der Waals surface area contributed by atoms with E-state index in [9.17, 15) is 19.7 Å². The highest BCUT2D eigenvalue weighted by Gasteiger charge is 2.24. The topological polar surface area (TPSA) is 94.2 Å². The zero-order valence-corrected chi connectivity index (χ0v) is 20.8. The van der Waals surface area contributed by atoms with Crippen LogP contribution in [0.5, 0.6) is 0 Å². The number of fused-ring (bicyclic) bond motifs is 3. The number of nitro benzene ring substituents is 1. The normalized spacial score (nSPS) is 11.9. The molecule has 1 amide bonds. The van der Waals surface area contributed by atoms with Gasteiger partial charge in [0.25, 0.3) is 11.6 Å². The predicted octanol–water partition coefficient (Wildman–Crippen LogP) is 7.17. The van der Waals surface area contributed by atoms with Gasteiger partial charge in [-0.3, -0.25) is 24.3 Å². The van der Waals surface area contributed by atoms with E-state index in [1.165, 1.54) is 36.0 Å². The average molecular weight is 510 g/mol. The average Bonchev–Trinajstić information content (AvgIpc) is 3.26. The number of nitro groups is 1. The van der Waals surface area contributed by atoms with Crippen LogP contribution in [0.25, 0.3) is 21.8 Å². The number of rotatable bonds is 7. The number of benzene rings is 4. The molecule has 0 aliphatic rings. The first-order valence-corrected chi connectivity index (χ1v) is 12.7. The van der Waals surface area contributed by atoms with Gasteiger partial charge in [-0.1, -0.05) is 49.4 Å². The van der Waals surface area contributed by atoms with Crippen LogP contribution >= 0.6 is 11.8 Å². The molecular formula is C29H23N3O4S. The molecular weight excluding hydrogens is 486 g/mol. The van der Waals surface area contributed by atoms with Gasteiger partial charge in [-0.2, -0.15) is 0 Å². The van der Waals surface area contributed by atoms with Crippen molar-refractivity contribution in [3.63, 3.8) is 0 Å². The predicted molar refractivity (Wildman–Crippen MR) is 147 cm³/mol. The van der Waals surface area contributed by atoms with Crippen molar-refractivity contribution in [2.24, 2.45) is 0 Å². The maximum atomic E-state index is 13.8. The molecule has 0 saturated heterocycles. The van der Waals surface area contributed by atoms with Gasteiger partial charge in [-0.15, -0.1) is 11.8 Å². The molecule has 1 unspecified atom stereocenters. The van der Waals surface area contributed by atoms with E-state index in [1.807, 2.05) is 72.2 Å². The molecule has 0 fully saturated rings. The minimum atomic E-state index is -0.534. The number of nitrogens with zero attached hydrogens (tertiary/aromatic N) is 2. The maximum absolute atomic E-state index is 13.8. The van der Waals surface area contributed by atoms with Crippen molar-refractivity contribution in [3.8, 4) is 0 Å². The lowest BCUT2D eigenvalue weighted by Gasteiger charge is -2.16. The Morgan fingerprint density at radius 2 is 1.51 bits per heavy atom. The van der Waals surface area contributed by atoms with Gasteiger partial charge in [0.2, 0.25) is 5.91 Å². The summed E-state index contributed by atoms with van der Waals surface area (Å²) in [6.07, 6.45) is 0.648. The van der Waals surface area contributed by atoms with Gasteiger partial charge < -0.3 is 5.32 Å². The maximum Gasteiger partial charge on any atom is 0.270 e. The third-order valence-electron chi connectivity index (χ3n) is 6.16. The Morgan fingerprint density at radius 3 is 2.11 bits per heavy atom. The van der Waals surface area contributed by atoms with Gasteiger partial charge >= 0.3 is 0 Å². The van der Waals surface area contributed by atoms with Crippen molar-refractivity contribution in [3.05, 3.63) is 113 Å². The van der Waals surface area contributed by atoms with Crippen molar-refractivity contribution in [1.29, 1.82) is 0 Å². The van der Waals surface area contributed by atoms with Crippen LogP contribution in [0.15, 0.2) is 102 Å². The van der Waals surface area contributed by atoms with Crippen LogP contribution in [0.3, 0.4) is 0 Å². The van der Waals surface area contributed by atoms with Gasteiger partial charge in [0.1, 0.15) is 0 Å². The lowest BCUT2D eigenvalue weighted by atomic mass is 10.2. The molecule has 1 aromatic heterocycles. The van der Waals surface area contributed by atoms with Crippen LogP contribution in [-0.4, -0.2) is 26.6 Å². The molecule has 7 nitrogen and oxygen atoms in total. The first kappa shape index (κ1) is 24.3. The fourth-order valence-electron chi connectivity index (χ4n) is 4.36. The second-order valence-electron chi connectivity index (χ2n) is 8.51. The van der Waals surface area contributed by atoms with E-state index in [2.05, 4.69) is 5.32 Å². The number of carbonyl (C=O) groups excluding carboxylic acids is 2. The van der Waals surface area contributed by atoms with E-state index in [-0.39, 0.29) is 22.4 Å². The Hall–Kier alpha value is -4.43. The minimum absolute atomic E-state index is 0.0213. The molecule has 8 heteroatoms. The van der Waals surface area contributed by atoms with E-state index in [0.29, 0.717) is 12.1 Å². The number of aromatic nitrogens is 1. The molecule has 0 spiro atoms. The minimum Gasteiger partial charge on any atom is -0.322 e. The molecule has 184 valence electrons. The van der Waals surface area contributed by atoms with Gasteiger partial charge in [0.15, 0.2) is 0 Å². The fraction of sp³-hybridized carbons (Fsp3) is 0.103. The fourth-order valence-corrected chi connectivity index (χ4v) is 5.35. The zero-order valence-electron chi connectivity index (χ0n) is 20.0. The highest BCUT2D eigenvalue weighted by Crippen LogP contribution is 2.33. The Morgan fingerprint density at radius 1 is 0.892 bits per heavy atom. The third-order valence-corrected chi connectivity index (χ3v) is 7.52. The number of nitrogens with one attached hydrogen (secondary N) is 1. The summed E-state index contributed by atoms with van der Waals surface area (Å²) in [5.41, 5.74) is 2.41. The van der Waals surface area contributed by atoms with Crippen LogP contribution in [0.1, 0.15) is 28.5 Å². The van der Waals surface area contributed by atoms with E-state index < -0.39 is 10.8 Å². The number of hydrogen-bond acceptors (Lipinski definition) is 5. The summed E-state index contributed by atoms with van der Waals surface area (Å²) < 4.78 is 1.82. The Kier molecular flexibility index (Phi) is 6.74. The quantitative estimate of drug-likeness (QED) is 0.143. The number of carbonyl (C=O) groups is 2. The second kappa shape index (κ2) is 10.3. The van der Waals surface area contributed by atoms with Crippen LogP contribution in [0, 0.1) is 10.1 Å². The second-order valence-corrected chi connectivity index (χ2v) is 9.78. The Labute approximate surface area is 217 Å². The van der Waals surface area contributed by atoms with E-state index >= 15 is 0 Å². The van der Waals surface area contributed by atoms with Crippen LogP contribution in [0.2, 0.25) is 0 Å². The third kappa shape index (κ3) is 4.83. The molecule has 5 rings (SSSR count).